The van der Waals surface area contributed by atoms with Crippen LogP contribution in [0.2, 0.25) is 5.02 Å². The van der Waals surface area contributed by atoms with Crippen molar-refractivity contribution in [1.29, 1.82) is 0 Å². The van der Waals surface area contributed by atoms with Crippen LogP contribution in [-0.2, 0) is 11.3 Å². The van der Waals surface area contributed by atoms with Crippen LogP contribution in [-0.4, -0.2) is 42.4 Å². The summed E-state index contributed by atoms with van der Waals surface area (Å²) in [6, 6.07) is 5.49. The maximum atomic E-state index is 11.6. The van der Waals surface area contributed by atoms with Crippen LogP contribution < -0.4 is 5.73 Å². The van der Waals surface area contributed by atoms with Crippen molar-refractivity contribution >= 4 is 23.2 Å². The molecule has 17 heavy (non-hydrogen) atoms. The largest absolute Gasteiger partial charge is 0.398 e. The second-order valence-corrected chi connectivity index (χ2v) is 4.74. The number of hydrogen-bond acceptors (Lipinski definition) is 3. The van der Waals surface area contributed by atoms with Crippen LogP contribution in [0.15, 0.2) is 18.2 Å². The number of halogens is 1. The fraction of sp³-hybridized carbons (Fsp3) is 0.417. The lowest BCUT2D eigenvalue weighted by Gasteiger charge is -2.32. The van der Waals surface area contributed by atoms with Gasteiger partial charge in [-0.15, -0.1) is 0 Å². The monoisotopic (exact) mass is 253 g/mol. The first-order valence-corrected chi connectivity index (χ1v) is 5.95. The Kier molecular flexibility index (Phi) is 3.54. The molecular weight excluding hydrogens is 238 g/mol. The van der Waals surface area contributed by atoms with Crippen molar-refractivity contribution in [3.63, 3.8) is 0 Å². The van der Waals surface area contributed by atoms with E-state index in [1.165, 1.54) is 0 Å². The van der Waals surface area contributed by atoms with E-state index in [2.05, 4.69) is 4.90 Å². The highest BCUT2D eigenvalue weighted by Gasteiger charge is 2.21. The van der Waals surface area contributed by atoms with E-state index in [9.17, 15) is 4.79 Å². The molecule has 2 rings (SSSR count). The molecule has 0 aromatic heterocycles. The zero-order chi connectivity index (χ0) is 12.4. The Morgan fingerprint density at radius 3 is 2.82 bits per heavy atom. The van der Waals surface area contributed by atoms with E-state index in [0.29, 0.717) is 23.8 Å². The molecule has 1 saturated heterocycles. The van der Waals surface area contributed by atoms with Gasteiger partial charge in [0.2, 0.25) is 5.91 Å². The smallest absolute Gasteiger partial charge is 0.236 e. The van der Waals surface area contributed by atoms with Gasteiger partial charge in [-0.25, -0.2) is 0 Å². The molecule has 1 aromatic carbocycles. The molecule has 0 radical (unpaired) electrons. The second-order valence-electron chi connectivity index (χ2n) is 4.33. The Morgan fingerprint density at radius 1 is 1.41 bits per heavy atom. The van der Waals surface area contributed by atoms with Gasteiger partial charge in [0.1, 0.15) is 0 Å². The van der Waals surface area contributed by atoms with E-state index in [-0.39, 0.29) is 5.91 Å². The second kappa shape index (κ2) is 4.94. The molecular formula is C12H16ClN3O. The Labute approximate surface area is 106 Å². The topological polar surface area (TPSA) is 49.6 Å². The van der Waals surface area contributed by atoms with Crippen LogP contribution >= 0.6 is 11.6 Å². The SMILES string of the molecule is CN1CCN(Cc2c(N)cccc2Cl)CC1=O. The van der Waals surface area contributed by atoms with Crippen molar-refractivity contribution in [1.82, 2.24) is 9.80 Å². The van der Waals surface area contributed by atoms with Gasteiger partial charge in [-0.1, -0.05) is 17.7 Å². The summed E-state index contributed by atoms with van der Waals surface area (Å²) in [7, 11) is 1.82. The Bertz CT molecular complexity index is 416. The van der Waals surface area contributed by atoms with E-state index in [1.54, 1.807) is 4.90 Å². The van der Waals surface area contributed by atoms with Gasteiger partial charge in [-0.3, -0.25) is 9.69 Å². The molecule has 0 atom stereocenters. The van der Waals surface area contributed by atoms with E-state index in [1.807, 2.05) is 25.2 Å². The van der Waals surface area contributed by atoms with E-state index in [0.717, 1.165) is 18.7 Å². The van der Waals surface area contributed by atoms with E-state index >= 15 is 0 Å². The summed E-state index contributed by atoms with van der Waals surface area (Å²) in [5.74, 6) is 0.141. The normalized spacial score (nSPS) is 17.5. The molecule has 0 aliphatic carbocycles. The van der Waals surface area contributed by atoms with Crippen LogP contribution in [0.25, 0.3) is 0 Å². The lowest BCUT2D eigenvalue weighted by molar-refractivity contribution is -0.134. The van der Waals surface area contributed by atoms with Gasteiger partial charge in [0.25, 0.3) is 0 Å². The zero-order valence-electron chi connectivity index (χ0n) is 9.82. The van der Waals surface area contributed by atoms with E-state index in [4.69, 9.17) is 17.3 Å². The van der Waals surface area contributed by atoms with Gasteiger partial charge >= 0.3 is 0 Å². The number of anilines is 1. The number of carbonyl (C=O) groups is 1. The number of benzene rings is 1. The number of likely N-dealkylation sites (N-methyl/N-ethyl adjacent to an activating group) is 1. The minimum Gasteiger partial charge on any atom is -0.398 e. The summed E-state index contributed by atoms with van der Waals surface area (Å²) in [5.41, 5.74) is 7.49. The first-order chi connectivity index (χ1) is 8.08. The van der Waals surface area contributed by atoms with E-state index < -0.39 is 0 Å². The molecule has 0 saturated carbocycles. The lowest BCUT2D eigenvalue weighted by Crippen LogP contribution is -2.48. The number of amides is 1. The highest BCUT2D eigenvalue weighted by atomic mass is 35.5. The average Bonchev–Trinajstić information content (AvgIpc) is 2.28. The third-order valence-electron chi connectivity index (χ3n) is 3.07. The number of piperazine rings is 1. The van der Waals surface area contributed by atoms with Crippen molar-refractivity contribution in [3.8, 4) is 0 Å². The number of nitrogen functional groups attached to an aromatic ring is 1. The molecule has 2 N–H and O–H groups in total. The first-order valence-electron chi connectivity index (χ1n) is 5.57. The Balaban J connectivity index is 2.09. The lowest BCUT2D eigenvalue weighted by atomic mass is 10.1. The summed E-state index contributed by atoms with van der Waals surface area (Å²) in [6.45, 7) is 2.67. The first kappa shape index (κ1) is 12.2. The molecule has 0 bridgehead atoms. The van der Waals surface area contributed by atoms with Gasteiger partial charge in [0, 0.05) is 43.0 Å². The number of carbonyl (C=O) groups excluding carboxylic acids is 1. The van der Waals surface area contributed by atoms with Crippen molar-refractivity contribution < 1.29 is 4.79 Å². The summed E-state index contributed by atoms with van der Waals surface area (Å²) < 4.78 is 0. The summed E-state index contributed by atoms with van der Waals surface area (Å²) in [5, 5.41) is 0.663. The Morgan fingerprint density at radius 2 is 2.18 bits per heavy atom. The van der Waals surface area contributed by atoms with Crippen molar-refractivity contribution in [2.45, 2.75) is 6.54 Å². The van der Waals surface area contributed by atoms with Crippen LogP contribution in [0.3, 0.4) is 0 Å². The zero-order valence-corrected chi connectivity index (χ0v) is 10.6. The minimum absolute atomic E-state index is 0.141. The third-order valence-corrected chi connectivity index (χ3v) is 3.43. The molecule has 1 amide bonds. The summed E-state index contributed by atoms with van der Waals surface area (Å²) in [6.07, 6.45) is 0. The van der Waals surface area contributed by atoms with Crippen molar-refractivity contribution in [3.05, 3.63) is 28.8 Å². The molecule has 0 unspecified atom stereocenters. The number of nitrogens with zero attached hydrogens (tertiary/aromatic N) is 2. The van der Waals surface area contributed by atoms with Crippen LogP contribution in [0, 0.1) is 0 Å². The number of nitrogens with two attached hydrogens (primary N) is 1. The molecule has 92 valence electrons. The number of rotatable bonds is 2. The van der Waals surface area contributed by atoms with Gasteiger partial charge in [0.05, 0.1) is 6.54 Å². The molecule has 5 heteroatoms. The minimum atomic E-state index is 0.141. The predicted molar refractivity (Wildman–Crippen MR) is 68.8 cm³/mol. The summed E-state index contributed by atoms with van der Waals surface area (Å²) >= 11 is 6.11. The average molecular weight is 254 g/mol. The van der Waals surface area contributed by atoms with Gasteiger partial charge in [-0.2, -0.15) is 0 Å². The maximum Gasteiger partial charge on any atom is 0.236 e. The molecule has 0 spiro atoms. The molecule has 1 aliphatic heterocycles. The highest BCUT2D eigenvalue weighted by molar-refractivity contribution is 6.31. The van der Waals surface area contributed by atoms with Crippen LogP contribution in [0.4, 0.5) is 5.69 Å². The molecule has 1 aromatic rings. The molecule has 4 nitrogen and oxygen atoms in total. The van der Waals surface area contributed by atoms with Crippen molar-refractivity contribution in [2.75, 3.05) is 32.4 Å². The summed E-state index contributed by atoms with van der Waals surface area (Å²) in [4.78, 5) is 15.4. The predicted octanol–water partition coefficient (Wildman–Crippen LogP) is 1.20. The molecule has 1 fully saturated rings. The van der Waals surface area contributed by atoms with Gasteiger partial charge in [-0.05, 0) is 12.1 Å². The third kappa shape index (κ3) is 2.70. The fourth-order valence-electron chi connectivity index (χ4n) is 1.91. The highest BCUT2D eigenvalue weighted by Crippen LogP contribution is 2.23. The quantitative estimate of drug-likeness (QED) is 0.806. The molecule has 1 heterocycles. The fourth-order valence-corrected chi connectivity index (χ4v) is 2.15. The number of hydrogen-bond donors (Lipinski definition) is 1. The van der Waals surface area contributed by atoms with Gasteiger partial charge < -0.3 is 10.6 Å². The van der Waals surface area contributed by atoms with Crippen LogP contribution in [0.5, 0.6) is 0 Å². The molecule has 1 aliphatic rings. The Hall–Kier alpha value is -1.26. The van der Waals surface area contributed by atoms with Crippen LogP contribution in [0.1, 0.15) is 5.56 Å². The van der Waals surface area contributed by atoms with Gasteiger partial charge in [0.15, 0.2) is 0 Å². The maximum absolute atomic E-state index is 11.6. The van der Waals surface area contributed by atoms with Crippen molar-refractivity contribution in [2.24, 2.45) is 0 Å². The standard InChI is InChI=1S/C12H16ClN3O/c1-15-5-6-16(8-12(15)17)7-9-10(13)3-2-4-11(9)14/h2-4H,5-8,14H2,1H3.